The first-order chi connectivity index (χ1) is 10.3. The molecule has 4 atom stereocenters. The van der Waals surface area contributed by atoms with E-state index in [0.29, 0.717) is 0 Å². The maximum Gasteiger partial charge on any atom is 0.466 e. The molecule has 0 spiro atoms. The number of aldehydes is 1. The van der Waals surface area contributed by atoms with E-state index in [2.05, 4.69) is 0 Å². The average molecular weight is 370 g/mol. The summed E-state index contributed by atoms with van der Waals surface area (Å²) in [5.41, 5.74) is 0. The molecule has 13 nitrogen and oxygen atoms in total. The Balaban J connectivity index is -0.000000303. The van der Waals surface area contributed by atoms with Gasteiger partial charge in [0.1, 0.15) is 30.5 Å². The number of aliphatic hydroxyl groups is 8. The summed E-state index contributed by atoms with van der Waals surface area (Å²) in [7, 11) is -4.64. The highest BCUT2D eigenvalue weighted by Gasteiger charge is 2.29. The Morgan fingerprint density at radius 2 is 1.13 bits per heavy atom. The van der Waals surface area contributed by atoms with E-state index >= 15 is 0 Å². The van der Waals surface area contributed by atoms with Gasteiger partial charge in [-0.15, -0.1) is 0 Å². The SMILES string of the molecule is O=CC(O)C(O)C(O)C(O)CO.O=P(O)(O)O.OCC(O)CO. The second-order valence-corrected chi connectivity index (χ2v) is 4.92. The molecule has 11 N–H and O–H groups in total. The minimum Gasteiger partial charge on any atom is -0.394 e. The van der Waals surface area contributed by atoms with Crippen LogP contribution in [0, 0.1) is 0 Å². The zero-order valence-electron chi connectivity index (χ0n) is 11.8. The van der Waals surface area contributed by atoms with Gasteiger partial charge in [-0.1, -0.05) is 0 Å². The molecule has 23 heavy (non-hydrogen) atoms. The average Bonchev–Trinajstić information content (AvgIpc) is 2.49. The summed E-state index contributed by atoms with van der Waals surface area (Å²) in [5, 5.41) is 67.6. The fraction of sp³-hybridized carbons (Fsp3) is 0.889. The molecule has 14 heteroatoms. The van der Waals surface area contributed by atoms with Crippen LogP contribution in [0.5, 0.6) is 0 Å². The predicted octanol–water partition coefficient (Wildman–Crippen LogP) is -5.98. The molecular formula is C9H23O13P. The molecule has 0 heterocycles. The van der Waals surface area contributed by atoms with Crippen molar-refractivity contribution in [3.63, 3.8) is 0 Å². The summed E-state index contributed by atoms with van der Waals surface area (Å²) in [5.74, 6) is 0. The Morgan fingerprint density at radius 3 is 1.30 bits per heavy atom. The topological polar surface area (TPSA) is 257 Å². The maximum absolute atomic E-state index is 9.90. The third kappa shape index (κ3) is 21.5. The zero-order chi connectivity index (χ0) is 19.2. The van der Waals surface area contributed by atoms with Gasteiger partial charge >= 0.3 is 7.82 Å². The molecule has 0 radical (unpaired) electrons. The van der Waals surface area contributed by atoms with E-state index in [-0.39, 0.29) is 19.5 Å². The van der Waals surface area contributed by atoms with Crippen LogP contribution in [0.2, 0.25) is 0 Å². The largest absolute Gasteiger partial charge is 0.466 e. The van der Waals surface area contributed by atoms with Crippen LogP contribution in [0.3, 0.4) is 0 Å². The van der Waals surface area contributed by atoms with Crippen molar-refractivity contribution in [3.05, 3.63) is 0 Å². The van der Waals surface area contributed by atoms with Crippen molar-refractivity contribution < 1.29 is 64.9 Å². The molecule has 0 fully saturated rings. The zero-order valence-corrected chi connectivity index (χ0v) is 12.7. The fourth-order valence-electron chi connectivity index (χ4n) is 0.676. The van der Waals surface area contributed by atoms with E-state index in [4.69, 9.17) is 60.1 Å². The van der Waals surface area contributed by atoms with Crippen LogP contribution >= 0.6 is 7.82 Å². The van der Waals surface area contributed by atoms with Crippen molar-refractivity contribution in [2.24, 2.45) is 0 Å². The fourth-order valence-corrected chi connectivity index (χ4v) is 0.676. The lowest BCUT2D eigenvalue weighted by molar-refractivity contribution is -0.136. The number of carbonyl (C=O) groups excluding carboxylic acids is 1. The molecule has 0 aliphatic rings. The van der Waals surface area contributed by atoms with Gasteiger partial charge in [0, 0.05) is 0 Å². The maximum atomic E-state index is 9.90. The lowest BCUT2D eigenvalue weighted by atomic mass is 10.0. The quantitative estimate of drug-likeness (QED) is 0.147. The monoisotopic (exact) mass is 370 g/mol. The third-order valence-electron chi connectivity index (χ3n) is 1.84. The first kappa shape index (κ1) is 27.3. The smallest absolute Gasteiger partial charge is 0.394 e. The van der Waals surface area contributed by atoms with E-state index in [0.717, 1.165) is 0 Å². The number of aliphatic hydroxyl groups excluding tert-OH is 8. The van der Waals surface area contributed by atoms with Crippen LogP contribution in [0.25, 0.3) is 0 Å². The van der Waals surface area contributed by atoms with Crippen LogP contribution in [-0.4, -0.2) is 112 Å². The number of rotatable bonds is 7. The van der Waals surface area contributed by atoms with Gasteiger partial charge in [0.25, 0.3) is 0 Å². The van der Waals surface area contributed by atoms with Crippen LogP contribution in [0.4, 0.5) is 0 Å². The van der Waals surface area contributed by atoms with Crippen molar-refractivity contribution in [1.82, 2.24) is 0 Å². The van der Waals surface area contributed by atoms with Crippen molar-refractivity contribution >= 4 is 14.1 Å². The molecule has 0 bridgehead atoms. The molecular weight excluding hydrogens is 347 g/mol. The Hall–Kier alpha value is -0.540. The van der Waals surface area contributed by atoms with E-state index in [1.807, 2.05) is 0 Å². The predicted molar refractivity (Wildman–Crippen MR) is 71.6 cm³/mol. The molecule has 0 amide bonds. The van der Waals surface area contributed by atoms with Gasteiger partial charge in [0.2, 0.25) is 0 Å². The van der Waals surface area contributed by atoms with Crippen molar-refractivity contribution in [3.8, 4) is 0 Å². The van der Waals surface area contributed by atoms with Gasteiger partial charge in [0.05, 0.1) is 19.8 Å². The molecule has 0 aromatic rings. The number of carbonyl (C=O) groups is 1. The van der Waals surface area contributed by atoms with E-state index in [9.17, 15) is 4.79 Å². The Bertz CT molecular complexity index is 308. The van der Waals surface area contributed by atoms with Gasteiger partial charge in [-0.25, -0.2) is 4.57 Å². The van der Waals surface area contributed by atoms with E-state index in [1.54, 1.807) is 0 Å². The molecule has 0 aliphatic heterocycles. The van der Waals surface area contributed by atoms with Gasteiger partial charge < -0.3 is 60.3 Å². The second kappa shape index (κ2) is 15.0. The number of hydrogen-bond acceptors (Lipinski definition) is 10. The molecule has 142 valence electrons. The van der Waals surface area contributed by atoms with Crippen LogP contribution in [-0.2, 0) is 9.36 Å². The van der Waals surface area contributed by atoms with Gasteiger partial charge in [-0.3, -0.25) is 0 Å². The highest BCUT2D eigenvalue weighted by Crippen LogP contribution is 2.25. The Kier molecular flexibility index (Phi) is 17.8. The molecule has 0 aromatic carbocycles. The minimum absolute atomic E-state index is 0.0258. The molecule has 0 aromatic heterocycles. The highest BCUT2D eigenvalue weighted by molar-refractivity contribution is 7.45. The number of phosphoric acid groups is 1. The standard InChI is InChI=1S/C6H12O6.C3H8O3.H3O4P/c7-1-3(9)5(11)6(12)4(10)2-8;4-1-3(6)2-5;1-5(2,3)4/h1,3-6,8-12H,2H2;3-6H,1-2H2;(H3,1,2,3,4). The molecule has 0 rings (SSSR count). The summed E-state index contributed by atoms with van der Waals surface area (Å²) in [6.45, 7) is -1.49. The second-order valence-electron chi connectivity index (χ2n) is 3.89. The lowest BCUT2D eigenvalue weighted by Gasteiger charge is -2.22. The lowest BCUT2D eigenvalue weighted by Crippen LogP contribution is -2.46. The first-order valence-electron chi connectivity index (χ1n) is 5.82. The Labute approximate surface area is 130 Å². The van der Waals surface area contributed by atoms with Crippen molar-refractivity contribution in [2.45, 2.75) is 30.5 Å². The van der Waals surface area contributed by atoms with E-state index < -0.39 is 44.9 Å². The normalized spacial score (nSPS) is 16.2. The van der Waals surface area contributed by atoms with Crippen molar-refractivity contribution in [1.29, 1.82) is 0 Å². The van der Waals surface area contributed by atoms with Gasteiger partial charge in [0.15, 0.2) is 6.29 Å². The summed E-state index contributed by atoms with van der Waals surface area (Å²) in [4.78, 5) is 31.5. The van der Waals surface area contributed by atoms with Gasteiger partial charge in [-0.05, 0) is 0 Å². The highest BCUT2D eigenvalue weighted by atomic mass is 31.2. The molecule has 0 saturated carbocycles. The van der Waals surface area contributed by atoms with Crippen LogP contribution < -0.4 is 0 Å². The molecule has 0 saturated heterocycles. The summed E-state index contributed by atoms with van der Waals surface area (Å²) < 4.78 is 8.88. The first-order valence-corrected chi connectivity index (χ1v) is 7.38. The van der Waals surface area contributed by atoms with Crippen LogP contribution in [0.1, 0.15) is 0 Å². The van der Waals surface area contributed by atoms with E-state index in [1.165, 1.54) is 0 Å². The number of hydrogen-bond donors (Lipinski definition) is 11. The Morgan fingerprint density at radius 1 is 0.783 bits per heavy atom. The van der Waals surface area contributed by atoms with Gasteiger partial charge in [-0.2, -0.15) is 0 Å². The minimum atomic E-state index is -4.64. The molecule has 0 aliphatic carbocycles. The molecule has 4 unspecified atom stereocenters. The summed E-state index contributed by atoms with van der Waals surface area (Å²) in [6.07, 6.45) is -7.79. The third-order valence-corrected chi connectivity index (χ3v) is 1.84. The van der Waals surface area contributed by atoms with Crippen LogP contribution in [0.15, 0.2) is 0 Å². The summed E-state index contributed by atoms with van der Waals surface area (Å²) >= 11 is 0. The summed E-state index contributed by atoms with van der Waals surface area (Å²) in [6, 6.07) is 0. The van der Waals surface area contributed by atoms with Crippen molar-refractivity contribution in [2.75, 3.05) is 19.8 Å².